The van der Waals surface area contributed by atoms with Crippen molar-refractivity contribution in [1.29, 1.82) is 0 Å². The molecule has 0 spiro atoms. The van der Waals surface area contributed by atoms with E-state index in [1.165, 1.54) is 11.9 Å². The molecule has 0 saturated carbocycles. The van der Waals surface area contributed by atoms with Crippen LogP contribution in [-0.2, 0) is 6.54 Å². The Morgan fingerprint density at radius 3 is 2.41 bits per heavy atom. The molecule has 1 heterocycles. The first-order valence-corrected chi connectivity index (χ1v) is 7.30. The van der Waals surface area contributed by atoms with Crippen LogP contribution in [0.25, 0.3) is 0 Å². The van der Waals surface area contributed by atoms with Crippen molar-refractivity contribution >= 4 is 28.9 Å². The van der Waals surface area contributed by atoms with Crippen LogP contribution in [0.1, 0.15) is 5.56 Å². The highest BCUT2D eigenvalue weighted by Crippen LogP contribution is 2.24. The van der Waals surface area contributed by atoms with Gasteiger partial charge in [-0.25, -0.2) is 9.97 Å². The molecule has 5 heteroatoms. The summed E-state index contributed by atoms with van der Waals surface area (Å²) in [5.41, 5.74) is 2.01. The van der Waals surface area contributed by atoms with Crippen molar-refractivity contribution in [1.82, 2.24) is 9.97 Å². The van der Waals surface area contributed by atoms with Crippen molar-refractivity contribution in [2.24, 2.45) is 0 Å². The molecular formula is C17H15ClN4. The normalized spacial score (nSPS) is 10.2. The number of rotatable bonds is 5. The average Bonchev–Trinajstić information content (AvgIpc) is 2.57. The minimum Gasteiger partial charge on any atom is -0.366 e. The molecule has 3 rings (SSSR count). The maximum absolute atomic E-state index is 6.13. The number of anilines is 3. The number of hydrogen-bond donors (Lipinski definition) is 2. The zero-order valence-corrected chi connectivity index (χ0v) is 12.6. The highest BCUT2D eigenvalue weighted by atomic mass is 35.5. The van der Waals surface area contributed by atoms with Crippen molar-refractivity contribution in [2.45, 2.75) is 6.54 Å². The molecule has 3 aromatic rings. The van der Waals surface area contributed by atoms with Crippen LogP contribution in [0.2, 0.25) is 5.02 Å². The van der Waals surface area contributed by atoms with Gasteiger partial charge in [-0.3, -0.25) is 0 Å². The fourth-order valence-electron chi connectivity index (χ4n) is 2.01. The fraction of sp³-hybridized carbons (Fsp3) is 0.0588. The Kier molecular flexibility index (Phi) is 4.51. The second-order valence-electron chi connectivity index (χ2n) is 4.73. The summed E-state index contributed by atoms with van der Waals surface area (Å²) in [6.45, 7) is 0.712. The monoisotopic (exact) mass is 310 g/mol. The molecule has 0 aliphatic carbocycles. The van der Waals surface area contributed by atoms with E-state index in [1.54, 1.807) is 0 Å². The Balaban J connectivity index is 1.69. The van der Waals surface area contributed by atoms with Crippen molar-refractivity contribution in [3.63, 3.8) is 0 Å². The van der Waals surface area contributed by atoms with E-state index in [4.69, 9.17) is 11.6 Å². The number of hydrogen-bond acceptors (Lipinski definition) is 4. The maximum atomic E-state index is 6.13. The third kappa shape index (κ3) is 3.74. The number of benzene rings is 2. The van der Waals surface area contributed by atoms with Crippen molar-refractivity contribution in [3.8, 4) is 0 Å². The van der Waals surface area contributed by atoms with Gasteiger partial charge in [-0.2, -0.15) is 0 Å². The topological polar surface area (TPSA) is 49.8 Å². The first-order chi connectivity index (χ1) is 10.8. The van der Waals surface area contributed by atoms with Crippen LogP contribution in [0, 0.1) is 0 Å². The number of nitrogens with zero attached hydrogens (tertiary/aromatic N) is 2. The minimum absolute atomic E-state index is 0.653. The lowest BCUT2D eigenvalue weighted by Crippen LogP contribution is -2.03. The van der Waals surface area contributed by atoms with Crippen LogP contribution >= 0.6 is 11.6 Å². The van der Waals surface area contributed by atoms with E-state index >= 15 is 0 Å². The van der Waals surface area contributed by atoms with Crippen LogP contribution in [0.5, 0.6) is 0 Å². The lowest BCUT2D eigenvalue weighted by atomic mass is 10.2. The predicted octanol–water partition coefficient (Wildman–Crippen LogP) is 4.49. The highest BCUT2D eigenvalue weighted by molar-refractivity contribution is 6.33. The predicted molar refractivity (Wildman–Crippen MR) is 90.5 cm³/mol. The smallest absolute Gasteiger partial charge is 0.135 e. The van der Waals surface area contributed by atoms with Gasteiger partial charge in [0.2, 0.25) is 0 Å². The third-order valence-corrected chi connectivity index (χ3v) is 3.45. The Morgan fingerprint density at radius 1 is 0.864 bits per heavy atom. The van der Waals surface area contributed by atoms with Crippen LogP contribution in [0.4, 0.5) is 17.3 Å². The third-order valence-electron chi connectivity index (χ3n) is 3.12. The van der Waals surface area contributed by atoms with E-state index in [1.807, 2.05) is 48.5 Å². The molecule has 4 nitrogen and oxygen atoms in total. The fourth-order valence-corrected chi connectivity index (χ4v) is 2.19. The summed E-state index contributed by atoms with van der Waals surface area (Å²) in [5, 5.41) is 7.12. The van der Waals surface area contributed by atoms with Crippen LogP contribution in [0.3, 0.4) is 0 Å². The molecule has 0 fully saturated rings. The molecule has 0 amide bonds. The zero-order chi connectivity index (χ0) is 15.2. The zero-order valence-electron chi connectivity index (χ0n) is 11.8. The first-order valence-electron chi connectivity index (χ1n) is 6.93. The van der Waals surface area contributed by atoms with Gasteiger partial charge in [0.05, 0.1) is 10.7 Å². The molecule has 1 aromatic heterocycles. The van der Waals surface area contributed by atoms with E-state index in [-0.39, 0.29) is 0 Å². The largest absolute Gasteiger partial charge is 0.366 e. The molecule has 2 N–H and O–H groups in total. The molecule has 0 unspecified atom stereocenters. The summed E-state index contributed by atoms with van der Waals surface area (Å²) < 4.78 is 0. The minimum atomic E-state index is 0.653. The van der Waals surface area contributed by atoms with Crippen molar-refractivity contribution in [3.05, 3.63) is 77.6 Å². The second-order valence-corrected chi connectivity index (χ2v) is 5.14. The van der Waals surface area contributed by atoms with Gasteiger partial charge in [0.15, 0.2) is 0 Å². The summed E-state index contributed by atoms with van der Waals surface area (Å²) in [6.07, 6.45) is 1.52. The van der Waals surface area contributed by atoms with Gasteiger partial charge in [-0.1, -0.05) is 54.1 Å². The van der Waals surface area contributed by atoms with Crippen molar-refractivity contribution in [2.75, 3.05) is 10.6 Å². The van der Waals surface area contributed by atoms with Gasteiger partial charge in [0.1, 0.15) is 18.0 Å². The Labute approximate surface area is 134 Å². The SMILES string of the molecule is Clc1ccccc1Nc1cc(NCc2ccccc2)ncn1. The molecule has 0 atom stereocenters. The quantitative estimate of drug-likeness (QED) is 0.729. The number of para-hydroxylation sites is 1. The van der Waals surface area contributed by atoms with Crippen LogP contribution in [-0.4, -0.2) is 9.97 Å². The molecular weight excluding hydrogens is 296 g/mol. The summed E-state index contributed by atoms with van der Waals surface area (Å²) >= 11 is 6.13. The Bertz CT molecular complexity index is 746. The molecule has 2 aromatic carbocycles. The van der Waals surface area contributed by atoms with Crippen LogP contribution in [0.15, 0.2) is 67.0 Å². The Hall–Kier alpha value is -2.59. The van der Waals surface area contributed by atoms with Crippen molar-refractivity contribution < 1.29 is 0 Å². The molecule has 0 bridgehead atoms. The molecule has 110 valence electrons. The molecule has 0 aliphatic rings. The average molecular weight is 311 g/mol. The van der Waals surface area contributed by atoms with Gasteiger partial charge >= 0.3 is 0 Å². The summed E-state index contributed by atoms with van der Waals surface area (Å²) in [4.78, 5) is 8.43. The molecule has 0 aliphatic heterocycles. The molecule has 0 radical (unpaired) electrons. The summed E-state index contributed by atoms with van der Waals surface area (Å²) in [5.74, 6) is 1.45. The van der Waals surface area contributed by atoms with E-state index in [0.29, 0.717) is 17.4 Å². The lowest BCUT2D eigenvalue weighted by Gasteiger charge is -2.09. The number of halogens is 1. The van der Waals surface area contributed by atoms with Gasteiger partial charge in [0.25, 0.3) is 0 Å². The maximum Gasteiger partial charge on any atom is 0.135 e. The second kappa shape index (κ2) is 6.91. The Morgan fingerprint density at radius 2 is 1.59 bits per heavy atom. The highest BCUT2D eigenvalue weighted by Gasteiger charge is 2.02. The number of nitrogens with one attached hydrogen (secondary N) is 2. The standard InChI is InChI=1S/C17H15ClN4/c18-14-8-4-5-9-15(14)22-17-10-16(20-12-21-17)19-11-13-6-2-1-3-7-13/h1-10,12H,11H2,(H2,19,20,21,22). The molecule has 0 saturated heterocycles. The summed E-state index contributed by atoms with van der Waals surface area (Å²) in [6, 6.07) is 19.6. The summed E-state index contributed by atoms with van der Waals surface area (Å²) in [7, 11) is 0. The van der Waals surface area contributed by atoms with Gasteiger partial charge in [-0.15, -0.1) is 0 Å². The lowest BCUT2D eigenvalue weighted by molar-refractivity contribution is 1.08. The van der Waals surface area contributed by atoms with Crippen LogP contribution < -0.4 is 10.6 Å². The van der Waals surface area contributed by atoms with E-state index < -0.39 is 0 Å². The van der Waals surface area contributed by atoms with E-state index in [9.17, 15) is 0 Å². The van der Waals surface area contributed by atoms with E-state index in [2.05, 4.69) is 32.7 Å². The van der Waals surface area contributed by atoms with Gasteiger partial charge in [0, 0.05) is 12.6 Å². The number of aromatic nitrogens is 2. The van der Waals surface area contributed by atoms with Gasteiger partial charge in [-0.05, 0) is 17.7 Å². The van der Waals surface area contributed by atoms with Gasteiger partial charge < -0.3 is 10.6 Å². The molecule has 22 heavy (non-hydrogen) atoms. The first kappa shape index (κ1) is 14.4. The van der Waals surface area contributed by atoms with E-state index in [0.717, 1.165) is 11.5 Å².